The average molecular weight is 337 g/mol. The Kier molecular flexibility index (Phi) is 4.25. The summed E-state index contributed by atoms with van der Waals surface area (Å²) in [6.07, 6.45) is 0. The number of nitro groups is 1. The summed E-state index contributed by atoms with van der Waals surface area (Å²) >= 11 is 0. The van der Waals surface area contributed by atoms with Crippen molar-refractivity contribution in [2.24, 2.45) is 10.2 Å². The maximum Gasteiger partial charge on any atom is 0.299 e. The van der Waals surface area contributed by atoms with E-state index in [1.807, 2.05) is 31.2 Å². The van der Waals surface area contributed by atoms with Gasteiger partial charge >= 0.3 is 0 Å². The molecule has 0 aliphatic carbocycles. The number of non-ortho nitro benzene ring substituents is 1. The van der Waals surface area contributed by atoms with Gasteiger partial charge in [0.25, 0.3) is 11.2 Å². The van der Waals surface area contributed by atoms with E-state index in [1.165, 1.54) is 28.9 Å². The highest BCUT2D eigenvalue weighted by Crippen LogP contribution is 2.22. The summed E-state index contributed by atoms with van der Waals surface area (Å²) < 4.78 is 1.28. The Labute approximate surface area is 142 Å². The molecular formula is C17H15N5O3. The number of hydrogen-bond donors (Lipinski definition) is 1. The van der Waals surface area contributed by atoms with Gasteiger partial charge in [-0.25, -0.2) is 4.68 Å². The fourth-order valence-electron chi connectivity index (χ4n) is 2.34. The van der Waals surface area contributed by atoms with Gasteiger partial charge in [-0.3, -0.25) is 20.0 Å². The number of rotatable bonds is 4. The van der Waals surface area contributed by atoms with Crippen LogP contribution in [0.5, 0.6) is 0 Å². The standard InChI is InChI=1S/C17H15N5O3/c1-11-5-3-4-6-15(11)18-19-16-12(2)20-21(17(16)23)13-7-9-14(10-8-13)22(24)25/h3-10,20H,1-2H3. The highest BCUT2D eigenvalue weighted by Gasteiger charge is 2.13. The third-order valence-electron chi connectivity index (χ3n) is 3.73. The van der Waals surface area contributed by atoms with Crippen molar-refractivity contribution in [1.29, 1.82) is 0 Å². The Morgan fingerprint density at radius 2 is 1.72 bits per heavy atom. The van der Waals surface area contributed by atoms with E-state index in [0.717, 1.165) is 5.56 Å². The number of hydrogen-bond acceptors (Lipinski definition) is 5. The Bertz CT molecular complexity index is 1020. The van der Waals surface area contributed by atoms with Gasteiger partial charge in [0, 0.05) is 12.1 Å². The van der Waals surface area contributed by atoms with Gasteiger partial charge in [0.15, 0.2) is 5.69 Å². The lowest BCUT2D eigenvalue weighted by Gasteiger charge is -2.00. The molecule has 25 heavy (non-hydrogen) atoms. The Balaban J connectivity index is 1.97. The van der Waals surface area contributed by atoms with Crippen LogP contribution in [0, 0.1) is 24.0 Å². The van der Waals surface area contributed by atoms with Crippen molar-refractivity contribution in [2.75, 3.05) is 0 Å². The monoisotopic (exact) mass is 337 g/mol. The van der Waals surface area contributed by atoms with E-state index >= 15 is 0 Å². The number of azo groups is 1. The van der Waals surface area contributed by atoms with Crippen LogP contribution < -0.4 is 5.56 Å². The molecule has 1 N–H and O–H groups in total. The van der Waals surface area contributed by atoms with Crippen molar-refractivity contribution in [3.8, 4) is 5.69 Å². The molecule has 8 heteroatoms. The van der Waals surface area contributed by atoms with E-state index in [-0.39, 0.29) is 16.9 Å². The van der Waals surface area contributed by atoms with E-state index in [1.54, 1.807) is 6.92 Å². The molecule has 0 bridgehead atoms. The zero-order chi connectivity index (χ0) is 18.0. The molecule has 0 amide bonds. The minimum atomic E-state index is -0.492. The number of aromatic nitrogens is 2. The molecular weight excluding hydrogens is 322 g/mol. The lowest BCUT2D eigenvalue weighted by Crippen LogP contribution is -2.13. The summed E-state index contributed by atoms with van der Waals surface area (Å²) in [5.74, 6) is 0. The van der Waals surface area contributed by atoms with Gasteiger partial charge in [0.05, 0.1) is 22.0 Å². The number of nitrogens with one attached hydrogen (secondary N) is 1. The summed E-state index contributed by atoms with van der Waals surface area (Å²) in [7, 11) is 0. The Hall–Kier alpha value is -3.55. The zero-order valence-electron chi connectivity index (χ0n) is 13.6. The average Bonchev–Trinajstić information content (AvgIpc) is 2.89. The molecule has 0 spiro atoms. The largest absolute Gasteiger partial charge is 0.299 e. The molecule has 1 heterocycles. The summed E-state index contributed by atoms with van der Waals surface area (Å²) in [6, 6.07) is 13.1. The molecule has 1 aromatic heterocycles. The first kappa shape index (κ1) is 16.3. The second kappa shape index (κ2) is 6.52. The quantitative estimate of drug-likeness (QED) is 0.440. The lowest BCUT2D eigenvalue weighted by atomic mass is 10.2. The normalized spacial score (nSPS) is 11.1. The number of nitrogens with zero attached hydrogens (tertiary/aromatic N) is 4. The van der Waals surface area contributed by atoms with Gasteiger partial charge in [-0.1, -0.05) is 18.2 Å². The number of aromatic amines is 1. The Morgan fingerprint density at radius 1 is 1.04 bits per heavy atom. The summed E-state index contributed by atoms with van der Waals surface area (Å²) in [5.41, 5.74) is 2.46. The van der Waals surface area contributed by atoms with E-state index < -0.39 is 4.92 Å². The van der Waals surface area contributed by atoms with Gasteiger partial charge in [-0.15, -0.1) is 5.11 Å². The van der Waals surface area contributed by atoms with Gasteiger partial charge < -0.3 is 0 Å². The van der Waals surface area contributed by atoms with Crippen molar-refractivity contribution < 1.29 is 4.92 Å². The van der Waals surface area contributed by atoms with Crippen molar-refractivity contribution in [2.45, 2.75) is 13.8 Å². The van der Waals surface area contributed by atoms with Crippen LogP contribution in [-0.4, -0.2) is 14.7 Å². The molecule has 0 fully saturated rings. The van der Waals surface area contributed by atoms with Crippen molar-refractivity contribution in [1.82, 2.24) is 9.78 Å². The van der Waals surface area contributed by atoms with Crippen LogP contribution in [0.1, 0.15) is 11.3 Å². The van der Waals surface area contributed by atoms with Crippen LogP contribution in [0.4, 0.5) is 17.1 Å². The lowest BCUT2D eigenvalue weighted by molar-refractivity contribution is -0.384. The molecule has 0 aliphatic heterocycles. The first-order valence-electron chi connectivity index (χ1n) is 7.51. The van der Waals surface area contributed by atoms with E-state index in [0.29, 0.717) is 17.1 Å². The maximum atomic E-state index is 12.6. The molecule has 0 atom stereocenters. The molecule has 0 unspecified atom stereocenters. The fraction of sp³-hybridized carbons (Fsp3) is 0.118. The van der Waals surface area contributed by atoms with E-state index in [4.69, 9.17) is 0 Å². The van der Waals surface area contributed by atoms with Crippen LogP contribution >= 0.6 is 0 Å². The van der Waals surface area contributed by atoms with Crippen LogP contribution in [0.2, 0.25) is 0 Å². The predicted octanol–water partition coefficient (Wildman–Crippen LogP) is 4.11. The summed E-state index contributed by atoms with van der Waals surface area (Å²) in [6.45, 7) is 3.63. The van der Waals surface area contributed by atoms with Crippen molar-refractivity contribution in [3.05, 3.63) is 80.3 Å². The number of H-pyrrole nitrogens is 1. The topological polar surface area (TPSA) is 106 Å². The molecule has 0 saturated carbocycles. The Morgan fingerprint density at radius 3 is 2.36 bits per heavy atom. The molecule has 8 nitrogen and oxygen atoms in total. The van der Waals surface area contributed by atoms with E-state index in [2.05, 4.69) is 15.3 Å². The SMILES string of the molecule is Cc1ccccc1N=Nc1c(C)[nH]n(-c2ccc([N+](=O)[O-])cc2)c1=O. The highest BCUT2D eigenvalue weighted by atomic mass is 16.6. The van der Waals surface area contributed by atoms with Gasteiger partial charge in [0.2, 0.25) is 0 Å². The van der Waals surface area contributed by atoms with E-state index in [9.17, 15) is 14.9 Å². The molecule has 2 aromatic carbocycles. The second-order valence-corrected chi connectivity index (χ2v) is 5.49. The van der Waals surface area contributed by atoms with Gasteiger partial charge in [-0.2, -0.15) is 5.11 Å². The summed E-state index contributed by atoms with van der Waals surface area (Å²) in [5, 5.41) is 21.9. The molecule has 0 aliphatic rings. The smallest absolute Gasteiger partial charge is 0.293 e. The highest BCUT2D eigenvalue weighted by molar-refractivity contribution is 5.48. The minimum absolute atomic E-state index is 0.0421. The maximum absolute atomic E-state index is 12.6. The second-order valence-electron chi connectivity index (χ2n) is 5.49. The number of nitro benzene ring substituents is 1. The van der Waals surface area contributed by atoms with Crippen molar-refractivity contribution in [3.63, 3.8) is 0 Å². The minimum Gasteiger partial charge on any atom is -0.293 e. The molecule has 0 radical (unpaired) electrons. The van der Waals surface area contributed by atoms with Crippen LogP contribution in [-0.2, 0) is 0 Å². The van der Waals surface area contributed by atoms with Crippen LogP contribution in [0.3, 0.4) is 0 Å². The molecule has 126 valence electrons. The van der Waals surface area contributed by atoms with Gasteiger partial charge in [0.1, 0.15) is 0 Å². The molecule has 3 aromatic rings. The third-order valence-corrected chi connectivity index (χ3v) is 3.73. The van der Waals surface area contributed by atoms with Gasteiger partial charge in [-0.05, 0) is 37.6 Å². The van der Waals surface area contributed by atoms with Crippen molar-refractivity contribution >= 4 is 17.1 Å². The fourth-order valence-corrected chi connectivity index (χ4v) is 2.34. The first-order valence-corrected chi connectivity index (χ1v) is 7.51. The molecule has 3 rings (SSSR count). The number of aryl methyl sites for hydroxylation is 2. The third kappa shape index (κ3) is 3.23. The first-order chi connectivity index (χ1) is 12.0. The van der Waals surface area contributed by atoms with Crippen LogP contribution in [0.15, 0.2) is 63.6 Å². The number of benzene rings is 2. The summed E-state index contributed by atoms with van der Waals surface area (Å²) in [4.78, 5) is 22.8. The predicted molar refractivity (Wildman–Crippen MR) is 93.1 cm³/mol. The van der Waals surface area contributed by atoms with Crippen LogP contribution in [0.25, 0.3) is 5.69 Å². The zero-order valence-corrected chi connectivity index (χ0v) is 13.6. The molecule has 0 saturated heterocycles.